The average molecular weight is 541 g/mol. The number of benzene rings is 3. The van der Waals surface area contributed by atoms with Gasteiger partial charge in [-0.05, 0) is 79.8 Å². The number of piperidine rings is 1. The normalized spacial score (nSPS) is 16.8. The molecule has 8 heteroatoms. The first-order chi connectivity index (χ1) is 19.4. The number of methoxy groups -OCH3 is 1. The van der Waals surface area contributed by atoms with Gasteiger partial charge in [0.25, 0.3) is 11.8 Å². The van der Waals surface area contributed by atoms with Crippen LogP contribution in [-0.2, 0) is 14.4 Å². The number of hydrogen-bond donors (Lipinski definition) is 3. The smallest absolute Gasteiger partial charge is 0.274 e. The Balaban J connectivity index is 1.26. The third-order valence-corrected chi connectivity index (χ3v) is 7.65. The summed E-state index contributed by atoms with van der Waals surface area (Å²) in [5, 5.41) is 6.46. The van der Waals surface area contributed by atoms with E-state index in [0.717, 1.165) is 66.1 Å². The van der Waals surface area contributed by atoms with E-state index in [1.54, 1.807) is 19.2 Å². The highest BCUT2D eigenvalue weighted by atomic mass is 16.7. The van der Waals surface area contributed by atoms with Gasteiger partial charge in [0.15, 0.2) is 0 Å². The molecule has 2 aliphatic heterocycles. The second kappa shape index (κ2) is 12.5. The van der Waals surface area contributed by atoms with E-state index >= 15 is 0 Å². The highest BCUT2D eigenvalue weighted by Gasteiger charge is 2.29. The van der Waals surface area contributed by atoms with Crippen LogP contribution in [0.15, 0.2) is 66.7 Å². The van der Waals surface area contributed by atoms with E-state index in [2.05, 4.69) is 27.1 Å². The Kier molecular flexibility index (Phi) is 8.60. The van der Waals surface area contributed by atoms with E-state index in [9.17, 15) is 9.59 Å². The van der Waals surface area contributed by atoms with E-state index in [-0.39, 0.29) is 11.8 Å². The zero-order valence-electron chi connectivity index (χ0n) is 23.3. The summed E-state index contributed by atoms with van der Waals surface area (Å²) in [6.45, 7) is 7.19. The van der Waals surface area contributed by atoms with E-state index < -0.39 is 0 Å². The summed E-state index contributed by atoms with van der Waals surface area (Å²) in [5.41, 5.74) is 9.89. The van der Waals surface area contributed by atoms with Crippen LogP contribution in [0, 0.1) is 13.8 Å². The fourth-order valence-corrected chi connectivity index (χ4v) is 5.13. The van der Waals surface area contributed by atoms with Crippen LogP contribution in [0.1, 0.15) is 45.5 Å². The number of aryl methyl sites for hydroxylation is 2. The van der Waals surface area contributed by atoms with Crippen molar-refractivity contribution in [1.82, 2.24) is 10.4 Å². The molecule has 0 radical (unpaired) electrons. The van der Waals surface area contributed by atoms with Gasteiger partial charge in [-0.1, -0.05) is 30.3 Å². The van der Waals surface area contributed by atoms with Gasteiger partial charge in [-0.25, -0.2) is 5.48 Å². The third-order valence-electron chi connectivity index (χ3n) is 7.65. The summed E-state index contributed by atoms with van der Waals surface area (Å²) in [6.07, 6.45) is 2.37. The maximum Gasteiger partial charge on any atom is 0.274 e. The molecule has 3 aromatic carbocycles. The molecular formula is C32H36N4O4. The standard InChI is InChI=1S/C32H36N4O4/c1-21-19-27-28(20-22(21)2)34-32(38)29(27)30(23-7-5-4-6-8-23)33-25-11-9-24(10-12-25)31(37)35-40-18-17-36-15-13-26(39-3)14-16-36/h4-12,19-20,26,33H,13-18H2,1-3H3,(H,34,38)(H,35,37)/b30-29-. The molecule has 0 spiro atoms. The van der Waals surface area contributed by atoms with E-state index in [4.69, 9.17) is 9.57 Å². The molecule has 1 fully saturated rings. The van der Waals surface area contributed by atoms with Crippen molar-refractivity contribution in [3.05, 3.63) is 94.5 Å². The van der Waals surface area contributed by atoms with Crippen LogP contribution in [0.5, 0.6) is 0 Å². The molecule has 1 saturated heterocycles. The summed E-state index contributed by atoms with van der Waals surface area (Å²) < 4.78 is 5.41. The van der Waals surface area contributed by atoms with Crippen molar-refractivity contribution in [2.24, 2.45) is 0 Å². The van der Waals surface area contributed by atoms with Crippen molar-refractivity contribution in [1.29, 1.82) is 0 Å². The quantitative estimate of drug-likeness (QED) is 0.201. The van der Waals surface area contributed by atoms with Crippen molar-refractivity contribution >= 4 is 34.5 Å². The van der Waals surface area contributed by atoms with Crippen LogP contribution in [0.2, 0.25) is 0 Å². The molecule has 0 aliphatic carbocycles. The van der Waals surface area contributed by atoms with Crippen LogP contribution in [0.3, 0.4) is 0 Å². The zero-order valence-corrected chi connectivity index (χ0v) is 23.3. The summed E-state index contributed by atoms with van der Waals surface area (Å²) >= 11 is 0. The van der Waals surface area contributed by atoms with Crippen LogP contribution in [0.4, 0.5) is 11.4 Å². The Morgan fingerprint density at radius 2 is 1.68 bits per heavy atom. The van der Waals surface area contributed by atoms with Gasteiger partial charge in [0.2, 0.25) is 0 Å². The fourth-order valence-electron chi connectivity index (χ4n) is 5.13. The van der Waals surface area contributed by atoms with E-state index in [1.165, 1.54) is 0 Å². The van der Waals surface area contributed by atoms with Crippen LogP contribution in [-0.4, -0.2) is 56.2 Å². The first-order valence-electron chi connectivity index (χ1n) is 13.7. The molecule has 208 valence electrons. The number of amides is 2. The molecular weight excluding hydrogens is 504 g/mol. The number of hydrogen-bond acceptors (Lipinski definition) is 6. The minimum absolute atomic E-state index is 0.150. The minimum Gasteiger partial charge on any atom is -0.381 e. The number of carbonyl (C=O) groups is 2. The average Bonchev–Trinajstić information content (AvgIpc) is 3.29. The Morgan fingerprint density at radius 1 is 0.975 bits per heavy atom. The van der Waals surface area contributed by atoms with Gasteiger partial charge in [0.1, 0.15) is 0 Å². The molecule has 40 heavy (non-hydrogen) atoms. The third kappa shape index (κ3) is 6.25. The van der Waals surface area contributed by atoms with Gasteiger partial charge >= 0.3 is 0 Å². The maximum atomic E-state index is 13.2. The van der Waals surface area contributed by atoms with E-state index in [1.807, 2.05) is 62.4 Å². The van der Waals surface area contributed by atoms with Gasteiger partial charge < -0.3 is 20.3 Å². The number of fused-ring (bicyclic) bond motifs is 1. The zero-order chi connectivity index (χ0) is 28.1. The SMILES string of the molecule is COC1CCN(CCONC(=O)c2ccc(N/C(=C3\C(=O)Nc4cc(C)c(C)cc43)c3ccccc3)cc2)CC1. The molecule has 2 heterocycles. The van der Waals surface area contributed by atoms with Crippen molar-refractivity contribution in [2.75, 3.05) is 44.0 Å². The van der Waals surface area contributed by atoms with Crippen LogP contribution in [0.25, 0.3) is 11.3 Å². The van der Waals surface area contributed by atoms with Crippen molar-refractivity contribution in [3.8, 4) is 0 Å². The number of rotatable bonds is 9. The lowest BCUT2D eigenvalue weighted by molar-refractivity contribution is -0.110. The second-order valence-electron chi connectivity index (χ2n) is 10.3. The number of likely N-dealkylation sites (tertiary alicyclic amines) is 1. The molecule has 0 saturated carbocycles. The molecule has 0 atom stereocenters. The number of nitrogens with one attached hydrogen (secondary N) is 3. The van der Waals surface area contributed by atoms with Crippen molar-refractivity contribution in [2.45, 2.75) is 32.8 Å². The molecule has 8 nitrogen and oxygen atoms in total. The summed E-state index contributed by atoms with van der Waals surface area (Å²) in [4.78, 5) is 33.6. The minimum atomic E-state index is -0.304. The van der Waals surface area contributed by atoms with Gasteiger partial charge in [0.05, 0.1) is 24.0 Å². The number of anilines is 2. The lowest BCUT2D eigenvalue weighted by Crippen LogP contribution is -2.39. The Labute approximate surface area is 235 Å². The van der Waals surface area contributed by atoms with Gasteiger partial charge in [-0.3, -0.25) is 14.4 Å². The lowest BCUT2D eigenvalue weighted by atomic mass is 9.97. The van der Waals surface area contributed by atoms with E-state index in [0.29, 0.717) is 29.5 Å². The number of hydroxylamine groups is 1. The first-order valence-corrected chi connectivity index (χ1v) is 13.7. The topological polar surface area (TPSA) is 91.9 Å². The highest BCUT2D eigenvalue weighted by molar-refractivity contribution is 6.37. The van der Waals surface area contributed by atoms with Crippen molar-refractivity contribution in [3.63, 3.8) is 0 Å². The Hall–Kier alpha value is -3.98. The second-order valence-corrected chi connectivity index (χ2v) is 10.3. The van der Waals surface area contributed by atoms with Crippen molar-refractivity contribution < 1.29 is 19.2 Å². The molecule has 2 amide bonds. The van der Waals surface area contributed by atoms with Crippen LogP contribution < -0.4 is 16.1 Å². The maximum absolute atomic E-state index is 13.2. The first kappa shape index (κ1) is 27.6. The molecule has 5 rings (SSSR count). The number of ether oxygens (including phenoxy) is 1. The van der Waals surface area contributed by atoms with Crippen LogP contribution >= 0.6 is 0 Å². The monoisotopic (exact) mass is 540 g/mol. The Morgan fingerprint density at radius 3 is 2.38 bits per heavy atom. The molecule has 3 aromatic rings. The fraction of sp³-hybridized carbons (Fsp3) is 0.312. The Bertz CT molecular complexity index is 1390. The van der Waals surface area contributed by atoms with Gasteiger partial charge in [0, 0.05) is 49.2 Å². The van der Waals surface area contributed by atoms with Gasteiger partial charge in [-0.15, -0.1) is 0 Å². The highest BCUT2D eigenvalue weighted by Crippen LogP contribution is 2.39. The summed E-state index contributed by atoms with van der Waals surface area (Å²) in [5.74, 6) is -0.455. The summed E-state index contributed by atoms with van der Waals surface area (Å²) in [7, 11) is 1.76. The molecule has 2 aliphatic rings. The summed E-state index contributed by atoms with van der Waals surface area (Å²) in [6, 6.07) is 21.0. The molecule has 0 unspecified atom stereocenters. The number of nitrogens with zero attached hydrogens (tertiary/aromatic N) is 1. The number of carbonyl (C=O) groups excluding carboxylic acids is 2. The lowest BCUT2D eigenvalue weighted by Gasteiger charge is -2.30. The molecule has 3 N–H and O–H groups in total. The molecule has 0 bridgehead atoms. The largest absolute Gasteiger partial charge is 0.381 e. The molecule has 0 aromatic heterocycles. The predicted octanol–water partition coefficient (Wildman–Crippen LogP) is 5.01. The predicted molar refractivity (Wildman–Crippen MR) is 158 cm³/mol. The van der Waals surface area contributed by atoms with Gasteiger partial charge in [-0.2, -0.15) is 0 Å².